The molecule has 8 nitrogen and oxygen atoms in total. The normalized spacial score (nSPS) is 15.3. The Morgan fingerprint density at radius 2 is 1.58 bits per heavy atom. The van der Waals surface area contributed by atoms with Crippen molar-refractivity contribution in [3.63, 3.8) is 0 Å². The van der Waals surface area contributed by atoms with Crippen LogP contribution in [0, 0.1) is 0 Å². The number of hydrogen-bond donors (Lipinski definition) is 2. The van der Waals surface area contributed by atoms with Crippen LogP contribution < -0.4 is 24.8 Å². The van der Waals surface area contributed by atoms with Crippen molar-refractivity contribution in [2.45, 2.75) is 25.4 Å². The van der Waals surface area contributed by atoms with E-state index in [1.54, 1.807) is 45.3 Å². The number of methoxy groups -OCH3 is 3. The topological polar surface area (TPSA) is 89.1 Å². The number of nitrogens with one attached hydrogen (secondary N) is 2. The van der Waals surface area contributed by atoms with Gasteiger partial charge in [0, 0.05) is 12.2 Å². The zero-order valence-electron chi connectivity index (χ0n) is 20.9. The summed E-state index contributed by atoms with van der Waals surface area (Å²) in [5, 5.41) is 5.70. The molecule has 8 heteroatoms. The van der Waals surface area contributed by atoms with E-state index in [1.165, 1.54) is 0 Å². The van der Waals surface area contributed by atoms with Crippen LogP contribution in [0.4, 0.5) is 10.5 Å². The lowest BCUT2D eigenvalue weighted by molar-refractivity contribution is -0.117. The maximum absolute atomic E-state index is 13.5. The second kappa shape index (κ2) is 11.0. The van der Waals surface area contributed by atoms with Gasteiger partial charge in [-0.25, -0.2) is 4.79 Å². The Balaban J connectivity index is 1.63. The number of amides is 3. The molecule has 2 atom stereocenters. The van der Waals surface area contributed by atoms with E-state index in [2.05, 4.69) is 10.6 Å². The number of para-hydroxylation sites is 1. The number of carbonyl (C=O) groups excluding carboxylic acids is 2. The van der Waals surface area contributed by atoms with Crippen LogP contribution in [-0.2, 0) is 11.2 Å². The maximum atomic E-state index is 13.5. The van der Waals surface area contributed by atoms with Crippen LogP contribution in [0.5, 0.6) is 17.2 Å². The molecule has 0 fully saturated rings. The van der Waals surface area contributed by atoms with E-state index in [9.17, 15) is 9.59 Å². The highest BCUT2D eigenvalue weighted by Gasteiger charge is 2.34. The molecule has 2 N–H and O–H groups in total. The average molecular weight is 490 g/mol. The Kier molecular flexibility index (Phi) is 7.63. The van der Waals surface area contributed by atoms with Crippen LogP contribution in [0.3, 0.4) is 0 Å². The van der Waals surface area contributed by atoms with Gasteiger partial charge in [-0.15, -0.1) is 0 Å². The smallest absolute Gasteiger partial charge is 0.318 e. The average Bonchev–Trinajstić information content (AvgIpc) is 2.92. The molecule has 36 heavy (non-hydrogen) atoms. The second-order valence-electron chi connectivity index (χ2n) is 8.55. The minimum Gasteiger partial charge on any atom is -0.497 e. The Bertz CT molecular complexity index is 1210. The van der Waals surface area contributed by atoms with Gasteiger partial charge in [-0.3, -0.25) is 4.79 Å². The largest absolute Gasteiger partial charge is 0.497 e. The zero-order chi connectivity index (χ0) is 25.7. The quantitative estimate of drug-likeness (QED) is 0.514. The summed E-state index contributed by atoms with van der Waals surface area (Å²) in [6.45, 7) is 2.14. The third kappa shape index (κ3) is 5.22. The third-order valence-electron chi connectivity index (χ3n) is 6.34. The molecule has 0 aliphatic carbocycles. The fraction of sp³-hybridized carbons (Fsp3) is 0.286. The Morgan fingerprint density at radius 1 is 0.917 bits per heavy atom. The fourth-order valence-corrected chi connectivity index (χ4v) is 4.42. The summed E-state index contributed by atoms with van der Waals surface area (Å²) < 4.78 is 16.4. The highest BCUT2D eigenvalue weighted by molar-refractivity contribution is 5.96. The zero-order valence-corrected chi connectivity index (χ0v) is 20.9. The number of carbonyl (C=O) groups is 2. The number of urea groups is 1. The van der Waals surface area contributed by atoms with E-state index < -0.39 is 6.04 Å². The van der Waals surface area contributed by atoms with Crippen LogP contribution in [0.2, 0.25) is 0 Å². The first-order chi connectivity index (χ1) is 17.4. The van der Waals surface area contributed by atoms with Gasteiger partial charge in [-0.1, -0.05) is 30.3 Å². The highest BCUT2D eigenvalue weighted by Crippen LogP contribution is 2.41. The van der Waals surface area contributed by atoms with Crippen LogP contribution in [0.25, 0.3) is 0 Å². The van der Waals surface area contributed by atoms with Crippen molar-refractivity contribution in [2.24, 2.45) is 0 Å². The molecule has 0 aromatic heterocycles. The van der Waals surface area contributed by atoms with Crippen LogP contribution in [0.1, 0.15) is 29.7 Å². The van der Waals surface area contributed by atoms with Gasteiger partial charge in [0.05, 0.1) is 27.4 Å². The van der Waals surface area contributed by atoms with E-state index in [-0.39, 0.29) is 18.0 Å². The first kappa shape index (κ1) is 24.9. The number of ether oxygens (including phenoxy) is 3. The number of hydrogen-bond acceptors (Lipinski definition) is 5. The molecule has 3 aromatic rings. The predicted molar refractivity (Wildman–Crippen MR) is 138 cm³/mol. The molecule has 188 valence electrons. The molecular weight excluding hydrogens is 458 g/mol. The molecule has 4 rings (SSSR count). The van der Waals surface area contributed by atoms with Crippen molar-refractivity contribution in [3.05, 3.63) is 83.4 Å². The first-order valence-electron chi connectivity index (χ1n) is 11.8. The number of nitrogens with zero attached hydrogens (tertiary/aromatic N) is 1. The van der Waals surface area contributed by atoms with Gasteiger partial charge in [0.2, 0.25) is 5.91 Å². The summed E-state index contributed by atoms with van der Waals surface area (Å²) in [5.74, 6) is 1.67. The van der Waals surface area contributed by atoms with Crippen molar-refractivity contribution in [1.82, 2.24) is 10.2 Å². The lowest BCUT2D eigenvalue weighted by Gasteiger charge is -2.38. The summed E-state index contributed by atoms with van der Waals surface area (Å²) in [7, 11) is 4.81. The van der Waals surface area contributed by atoms with Gasteiger partial charge in [-0.05, 0) is 66.4 Å². The minimum absolute atomic E-state index is 0.292. The van der Waals surface area contributed by atoms with Gasteiger partial charge in [-0.2, -0.15) is 0 Å². The summed E-state index contributed by atoms with van der Waals surface area (Å²) >= 11 is 0. The van der Waals surface area contributed by atoms with Gasteiger partial charge in [0.1, 0.15) is 11.8 Å². The second-order valence-corrected chi connectivity index (χ2v) is 8.55. The summed E-state index contributed by atoms with van der Waals surface area (Å²) in [6.07, 6.45) is 0.639. The van der Waals surface area contributed by atoms with Gasteiger partial charge in [0.25, 0.3) is 0 Å². The third-order valence-corrected chi connectivity index (χ3v) is 6.34. The first-order valence-corrected chi connectivity index (χ1v) is 11.8. The molecule has 0 bridgehead atoms. The van der Waals surface area contributed by atoms with E-state index in [1.807, 2.05) is 54.6 Å². The SMILES string of the molecule is COc1ccc([C@@H]2c3cc(OC)c(OC)cc3CCN2C(=O)N[C@H](C)C(=O)Nc2ccccc2)cc1. The number of fused-ring (bicyclic) bond motifs is 1. The Hall–Kier alpha value is -4.20. The molecule has 1 heterocycles. The van der Waals surface area contributed by atoms with Crippen molar-refractivity contribution in [3.8, 4) is 17.2 Å². The van der Waals surface area contributed by atoms with Crippen LogP contribution >= 0.6 is 0 Å². The predicted octanol–water partition coefficient (Wildman–Crippen LogP) is 4.40. The lowest BCUT2D eigenvalue weighted by atomic mass is 9.87. The molecule has 3 aromatic carbocycles. The molecule has 3 amide bonds. The molecule has 1 aliphatic heterocycles. The van der Waals surface area contributed by atoms with Crippen molar-refractivity contribution in [1.29, 1.82) is 0 Å². The molecule has 0 radical (unpaired) electrons. The minimum atomic E-state index is -0.735. The standard InChI is InChI=1S/C28H31N3O5/c1-18(27(32)30-21-8-6-5-7-9-21)29-28(33)31-15-14-20-16-24(35-3)25(36-4)17-23(20)26(31)19-10-12-22(34-2)13-11-19/h5-13,16-18,26H,14-15H2,1-4H3,(H,29,33)(H,30,32)/t18-,26-/m1/s1. The summed E-state index contributed by atoms with van der Waals surface area (Å²) in [4.78, 5) is 28.0. The molecule has 0 unspecified atom stereocenters. The van der Waals surface area contributed by atoms with Crippen LogP contribution in [0.15, 0.2) is 66.7 Å². The van der Waals surface area contributed by atoms with Gasteiger partial charge >= 0.3 is 6.03 Å². The molecule has 0 saturated heterocycles. The van der Waals surface area contributed by atoms with Crippen molar-refractivity contribution < 1.29 is 23.8 Å². The molecule has 1 aliphatic rings. The van der Waals surface area contributed by atoms with E-state index >= 15 is 0 Å². The number of anilines is 1. The van der Waals surface area contributed by atoms with Crippen molar-refractivity contribution >= 4 is 17.6 Å². The van der Waals surface area contributed by atoms with E-state index in [4.69, 9.17) is 14.2 Å². The van der Waals surface area contributed by atoms with Gasteiger partial charge < -0.3 is 29.7 Å². The summed E-state index contributed by atoms with van der Waals surface area (Å²) in [5.41, 5.74) is 3.61. The maximum Gasteiger partial charge on any atom is 0.318 e. The van der Waals surface area contributed by atoms with E-state index in [0.29, 0.717) is 30.2 Å². The van der Waals surface area contributed by atoms with Gasteiger partial charge in [0.15, 0.2) is 11.5 Å². The number of rotatable bonds is 7. The highest BCUT2D eigenvalue weighted by atomic mass is 16.5. The molecular formula is C28H31N3O5. The summed E-state index contributed by atoms with van der Waals surface area (Å²) in [6, 6.07) is 19.2. The van der Waals surface area contributed by atoms with Crippen LogP contribution in [-0.4, -0.2) is 50.8 Å². The Labute approximate surface area is 211 Å². The Morgan fingerprint density at radius 3 is 2.22 bits per heavy atom. The molecule has 0 saturated carbocycles. The number of benzene rings is 3. The van der Waals surface area contributed by atoms with E-state index in [0.717, 1.165) is 22.4 Å². The lowest BCUT2D eigenvalue weighted by Crippen LogP contribution is -2.51. The monoisotopic (exact) mass is 489 g/mol. The fourth-order valence-electron chi connectivity index (χ4n) is 4.42. The van der Waals surface area contributed by atoms with Crippen molar-refractivity contribution in [2.75, 3.05) is 33.2 Å². The molecule has 0 spiro atoms.